The third kappa shape index (κ3) is 4.13. The van der Waals surface area contributed by atoms with Crippen LogP contribution in [0.4, 0.5) is 0 Å². The second-order valence-corrected chi connectivity index (χ2v) is 16.6. The predicted octanol–water partition coefficient (Wildman–Crippen LogP) is 5.02. The molecule has 0 bridgehead atoms. The summed E-state index contributed by atoms with van der Waals surface area (Å²) in [5.74, 6) is -0.0834. The van der Waals surface area contributed by atoms with E-state index in [2.05, 4.69) is 81.4 Å². The Hall–Kier alpha value is -1.50. The minimum absolute atomic E-state index is 0.0399. The Morgan fingerprint density at radius 3 is 2.09 bits per heavy atom. The molecule has 1 saturated heterocycles. The maximum absolute atomic E-state index is 11.3. The van der Waals surface area contributed by atoms with Crippen molar-refractivity contribution in [3.63, 3.8) is 0 Å². The Kier molecular flexibility index (Phi) is 6.55. The largest absolute Gasteiger partial charge is 0.407 e. The Balaban J connectivity index is 1.51. The molecule has 1 heterocycles. The van der Waals surface area contributed by atoms with Crippen molar-refractivity contribution >= 4 is 18.7 Å². The molecule has 190 valence electrons. The van der Waals surface area contributed by atoms with E-state index in [0.29, 0.717) is 12.5 Å². The first-order chi connectivity index (χ1) is 16.6. The van der Waals surface area contributed by atoms with Gasteiger partial charge in [0.1, 0.15) is 5.60 Å². The molecule has 0 aromatic heterocycles. The highest BCUT2D eigenvalue weighted by atomic mass is 28.4. The molecule has 5 rings (SSSR count). The first-order valence-corrected chi connectivity index (χ1v) is 15.3. The molecule has 2 aromatic rings. The van der Waals surface area contributed by atoms with Gasteiger partial charge in [0.15, 0.2) is 5.79 Å². The number of aliphatic hydroxyl groups excluding tert-OH is 1. The van der Waals surface area contributed by atoms with Gasteiger partial charge in [0, 0.05) is 6.61 Å². The molecular formula is C30H42O4Si. The summed E-state index contributed by atoms with van der Waals surface area (Å²) in [7, 11) is -2.61. The van der Waals surface area contributed by atoms with Crippen LogP contribution in [0.25, 0.3) is 0 Å². The highest BCUT2D eigenvalue weighted by molar-refractivity contribution is 6.99. The SMILES string of the molecule is CC1(C)O[C@@H]2CC[C@@H](CO[Si](c3ccccc3)(c3ccccc3)C(C)(C)C)C3CCC[C@H](O)[C@]32O1. The van der Waals surface area contributed by atoms with Crippen molar-refractivity contribution in [1.29, 1.82) is 0 Å². The predicted molar refractivity (Wildman–Crippen MR) is 142 cm³/mol. The van der Waals surface area contributed by atoms with Crippen LogP contribution >= 0.6 is 0 Å². The molecule has 1 unspecified atom stereocenters. The highest BCUT2D eigenvalue weighted by Crippen LogP contribution is 2.56. The van der Waals surface area contributed by atoms with Crippen LogP contribution in [0.1, 0.15) is 66.7 Å². The van der Waals surface area contributed by atoms with Crippen molar-refractivity contribution < 1.29 is 19.0 Å². The number of aliphatic hydroxyl groups is 1. The van der Waals surface area contributed by atoms with E-state index in [-0.39, 0.29) is 17.1 Å². The van der Waals surface area contributed by atoms with Crippen LogP contribution in [0.5, 0.6) is 0 Å². The molecule has 2 saturated carbocycles. The summed E-state index contributed by atoms with van der Waals surface area (Å²) in [6, 6.07) is 21.7. The van der Waals surface area contributed by atoms with E-state index in [0.717, 1.165) is 32.1 Å². The van der Waals surface area contributed by atoms with Crippen LogP contribution in [-0.2, 0) is 13.9 Å². The highest BCUT2D eigenvalue weighted by Gasteiger charge is 2.65. The summed E-state index contributed by atoms with van der Waals surface area (Å²) in [4.78, 5) is 0. The van der Waals surface area contributed by atoms with Crippen molar-refractivity contribution in [1.82, 2.24) is 0 Å². The monoisotopic (exact) mass is 494 g/mol. The van der Waals surface area contributed by atoms with Gasteiger partial charge in [-0.15, -0.1) is 0 Å². The average molecular weight is 495 g/mol. The van der Waals surface area contributed by atoms with Crippen LogP contribution in [0.15, 0.2) is 60.7 Å². The number of rotatable bonds is 5. The fraction of sp³-hybridized carbons (Fsp3) is 0.600. The van der Waals surface area contributed by atoms with Gasteiger partial charge in [-0.3, -0.25) is 0 Å². The van der Waals surface area contributed by atoms with Gasteiger partial charge in [-0.25, -0.2) is 0 Å². The minimum atomic E-state index is -2.61. The quantitative estimate of drug-likeness (QED) is 0.593. The normalized spacial score (nSPS) is 32.6. The second kappa shape index (κ2) is 9.11. The summed E-state index contributed by atoms with van der Waals surface area (Å²) in [5, 5.41) is 13.9. The summed E-state index contributed by atoms with van der Waals surface area (Å²) >= 11 is 0. The van der Waals surface area contributed by atoms with Gasteiger partial charge in [0.25, 0.3) is 8.32 Å². The van der Waals surface area contributed by atoms with Gasteiger partial charge >= 0.3 is 0 Å². The second-order valence-electron chi connectivity index (χ2n) is 12.3. The fourth-order valence-electron chi connectivity index (χ4n) is 7.43. The van der Waals surface area contributed by atoms with Crippen LogP contribution in [-0.4, -0.2) is 43.6 Å². The number of hydrogen-bond donors (Lipinski definition) is 1. The lowest BCUT2D eigenvalue weighted by Crippen LogP contribution is -2.68. The molecule has 35 heavy (non-hydrogen) atoms. The van der Waals surface area contributed by atoms with E-state index in [4.69, 9.17) is 13.9 Å². The van der Waals surface area contributed by atoms with Crippen molar-refractivity contribution in [3.8, 4) is 0 Å². The van der Waals surface area contributed by atoms with Crippen molar-refractivity contribution in [2.45, 2.75) is 95.4 Å². The molecule has 3 fully saturated rings. The Morgan fingerprint density at radius 1 is 0.914 bits per heavy atom. The number of benzene rings is 2. The molecule has 0 amide bonds. The van der Waals surface area contributed by atoms with Gasteiger partial charge in [-0.2, -0.15) is 0 Å². The van der Waals surface area contributed by atoms with Gasteiger partial charge in [0.05, 0.1) is 12.2 Å². The van der Waals surface area contributed by atoms with E-state index in [1.807, 2.05) is 13.8 Å². The minimum Gasteiger partial charge on any atom is -0.407 e. The van der Waals surface area contributed by atoms with Gasteiger partial charge < -0.3 is 19.0 Å². The summed E-state index contributed by atoms with van der Waals surface area (Å²) in [6.45, 7) is 11.7. The summed E-state index contributed by atoms with van der Waals surface area (Å²) in [5.41, 5.74) is -0.612. The Morgan fingerprint density at radius 2 is 1.51 bits per heavy atom. The van der Waals surface area contributed by atoms with Crippen molar-refractivity contribution in [2.24, 2.45) is 11.8 Å². The van der Waals surface area contributed by atoms with Crippen LogP contribution < -0.4 is 10.4 Å². The topological polar surface area (TPSA) is 47.9 Å². The first kappa shape index (κ1) is 25.2. The zero-order valence-electron chi connectivity index (χ0n) is 22.0. The average Bonchev–Trinajstić information content (AvgIpc) is 3.11. The smallest absolute Gasteiger partial charge is 0.261 e. The van der Waals surface area contributed by atoms with Crippen LogP contribution in [0, 0.1) is 11.8 Å². The molecule has 0 radical (unpaired) electrons. The molecule has 3 aliphatic rings. The zero-order valence-corrected chi connectivity index (χ0v) is 23.0. The third-order valence-corrected chi connectivity index (χ3v) is 13.7. The molecule has 1 spiro atoms. The number of ether oxygens (including phenoxy) is 2. The first-order valence-electron chi connectivity index (χ1n) is 13.4. The van der Waals surface area contributed by atoms with E-state index < -0.39 is 25.8 Å². The molecule has 2 aliphatic carbocycles. The molecule has 2 aromatic carbocycles. The third-order valence-electron chi connectivity index (χ3n) is 8.74. The molecule has 4 nitrogen and oxygen atoms in total. The maximum Gasteiger partial charge on any atom is 0.261 e. The van der Waals surface area contributed by atoms with Gasteiger partial charge in [-0.05, 0) is 66.8 Å². The van der Waals surface area contributed by atoms with E-state index >= 15 is 0 Å². The van der Waals surface area contributed by atoms with Crippen LogP contribution in [0.3, 0.4) is 0 Å². The fourth-order valence-corrected chi connectivity index (χ4v) is 12.0. The van der Waals surface area contributed by atoms with Crippen molar-refractivity contribution in [2.75, 3.05) is 6.61 Å². The Bertz CT molecular complexity index is 963. The van der Waals surface area contributed by atoms with E-state index in [1.165, 1.54) is 10.4 Å². The lowest BCUT2D eigenvalue weighted by Gasteiger charge is -2.53. The van der Waals surface area contributed by atoms with Gasteiger partial charge in [-0.1, -0.05) is 87.9 Å². The van der Waals surface area contributed by atoms with Crippen molar-refractivity contribution in [3.05, 3.63) is 60.7 Å². The molecule has 5 heteroatoms. The lowest BCUT2D eigenvalue weighted by atomic mass is 9.60. The molecule has 1 N–H and O–H groups in total. The van der Waals surface area contributed by atoms with E-state index in [1.54, 1.807) is 0 Å². The Labute approximate surface area is 212 Å². The summed E-state index contributed by atoms with van der Waals surface area (Å²) in [6.07, 6.45) is 4.30. The van der Waals surface area contributed by atoms with Crippen LogP contribution in [0.2, 0.25) is 5.04 Å². The molecular weight excluding hydrogens is 452 g/mol. The number of hydrogen-bond acceptors (Lipinski definition) is 4. The summed E-state index contributed by atoms with van der Waals surface area (Å²) < 4.78 is 20.3. The molecule has 1 aliphatic heterocycles. The zero-order chi connectivity index (χ0) is 24.9. The molecule has 5 atom stereocenters. The lowest BCUT2D eigenvalue weighted by molar-refractivity contribution is -0.223. The maximum atomic E-state index is 11.3. The van der Waals surface area contributed by atoms with Gasteiger partial charge in [0.2, 0.25) is 0 Å². The van der Waals surface area contributed by atoms with E-state index in [9.17, 15) is 5.11 Å². The standard InChI is InChI=1S/C30H42O4Si/c1-28(2,3)35(23-13-8-6-9-14-23,24-15-10-7-11-16-24)32-21-22-19-20-27-30(34-29(4,5)33-27)25(22)17-12-18-26(30)31/h6-11,13-16,22,25-27,31H,12,17-21H2,1-5H3/t22-,25?,26-,27+,30+/m0/s1.